The van der Waals surface area contributed by atoms with Crippen LogP contribution in [0, 0.1) is 5.92 Å². The molecular formula is C14H25N3O2S. The minimum absolute atomic E-state index is 0.0683. The lowest BCUT2D eigenvalue weighted by Crippen LogP contribution is -2.32. The smallest absolute Gasteiger partial charge is 0.242 e. The SMILES string of the molecule is CC1CCC(NS(=O)(=O)c2cc(CN)n(C(C)C)c2)C1. The summed E-state index contributed by atoms with van der Waals surface area (Å²) in [5.41, 5.74) is 6.54. The molecule has 0 amide bonds. The predicted molar refractivity (Wildman–Crippen MR) is 79.8 cm³/mol. The number of rotatable bonds is 5. The molecule has 2 rings (SSSR count). The van der Waals surface area contributed by atoms with Gasteiger partial charge >= 0.3 is 0 Å². The third kappa shape index (κ3) is 3.24. The monoisotopic (exact) mass is 299 g/mol. The average molecular weight is 299 g/mol. The summed E-state index contributed by atoms with van der Waals surface area (Å²) in [6.45, 7) is 6.54. The normalized spacial score (nSPS) is 23.6. The van der Waals surface area contributed by atoms with E-state index in [0.29, 0.717) is 17.4 Å². The van der Waals surface area contributed by atoms with Crippen molar-refractivity contribution >= 4 is 10.0 Å². The summed E-state index contributed by atoms with van der Waals surface area (Å²) in [5, 5.41) is 0. The van der Waals surface area contributed by atoms with Crippen LogP contribution in [0.5, 0.6) is 0 Å². The van der Waals surface area contributed by atoms with Crippen molar-refractivity contribution in [3.8, 4) is 0 Å². The van der Waals surface area contributed by atoms with Crippen molar-refractivity contribution in [2.45, 2.75) is 63.6 Å². The summed E-state index contributed by atoms with van der Waals surface area (Å²) in [7, 11) is -3.44. The van der Waals surface area contributed by atoms with Crippen molar-refractivity contribution in [3.05, 3.63) is 18.0 Å². The maximum absolute atomic E-state index is 12.4. The zero-order valence-corrected chi connectivity index (χ0v) is 13.3. The van der Waals surface area contributed by atoms with E-state index >= 15 is 0 Å². The molecule has 6 heteroatoms. The fraction of sp³-hybridized carbons (Fsp3) is 0.714. The van der Waals surface area contributed by atoms with Crippen LogP contribution in [-0.2, 0) is 16.6 Å². The second-order valence-electron chi connectivity index (χ2n) is 6.11. The third-order valence-electron chi connectivity index (χ3n) is 4.00. The van der Waals surface area contributed by atoms with Crippen molar-refractivity contribution in [2.24, 2.45) is 11.7 Å². The molecule has 2 unspecified atom stereocenters. The van der Waals surface area contributed by atoms with E-state index in [1.54, 1.807) is 12.3 Å². The van der Waals surface area contributed by atoms with E-state index in [0.717, 1.165) is 25.0 Å². The summed E-state index contributed by atoms with van der Waals surface area (Å²) in [4.78, 5) is 0.325. The molecule has 0 radical (unpaired) electrons. The number of nitrogens with one attached hydrogen (secondary N) is 1. The average Bonchev–Trinajstić information content (AvgIpc) is 2.95. The Hall–Kier alpha value is -0.850. The quantitative estimate of drug-likeness (QED) is 0.873. The van der Waals surface area contributed by atoms with Crippen LogP contribution in [0.3, 0.4) is 0 Å². The minimum Gasteiger partial charge on any atom is -0.346 e. The number of hydrogen-bond acceptors (Lipinski definition) is 3. The Morgan fingerprint density at radius 3 is 2.60 bits per heavy atom. The Kier molecular flexibility index (Phi) is 4.56. The molecule has 0 spiro atoms. The van der Waals surface area contributed by atoms with Gasteiger partial charge in [0.05, 0.1) is 4.90 Å². The van der Waals surface area contributed by atoms with E-state index in [-0.39, 0.29) is 12.1 Å². The van der Waals surface area contributed by atoms with E-state index in [2.05, 4.69) is 11.6 Å². The minimum atomic E-state index is -3.44. The molecule has 1 saturated carbocycles. The predicted octanol–water partition coefficient (Wildman–Crippen LogP) is 1.99. The second kappa shape index (κ2) is 5.87. The van der Waals surface area contributed by atoms with Gasteiger partial charge in [0, 0.05) is 30.5 Å². The van der Waals surface area contributed by atoms with E-state index < -0.39 is 10.0 Å². The lowest BCUT2D eigenvalue weighted by molar-refractivity contribution is 0.537. The number of hydrogen-bond donors (Lipinski definition) is 2. The van der Waals surface area contributed by atoms with Crippen molar-refractivity contribution < 1.29 is 8.42 Å². The maximum atomic E-state index is 12.4. The van der Waals surface area contributed by atoms with Crippen LogP contribution in [0.1, 0.15) is 51.8 Å². The van der Waals surface area contributed by atoms with Gasteiger partial charge in [-0.1, -0.05) is 6.92 Å². The van der Waals surface area contributed by atoms with E-state index in [1.807, 2.05) is 18.4 Å². The molecule has 1 aliphatic rings. The molecule has 20 heavy (non-hydrogen) atoms. The molecule has 5 nitrogen and oxygen atoms in total. The Morgan fingerprint density at radius 1 is 1.45 bits per heavy atom. The summed E-state index contributed by atoms with van der Waals surface area (Å²) >= 11 is 0. The van der Waals surface area contributed by atoms with Crippen molar-refractivity contribution in [2.75, 3.05) is 0 Å². The molecule has 1 aliphatic carbocycles. The summed E-state index contributed by atoms with van der Waals surface area (Å²) in [6.07, 6.45) is 4.63. The van der Waals surface area contributed by atoms with Crippen LogP contribution in [0.15, 0.2) is 17.2 Å². The lowest BCUT2D eigenvalue weighted by Gasteiger charge is -2.12. The van der Waals surface area contributed by atoms with Gasteiger partial charge in [-0.2, -0.15) is 0 Å². The highest BCUT2D eigenvalue weighted by molar-refractivity contribution is 7.89. The third-order valence-corrected chi connectivity index (χ3v) is 5.49. The Bertz CT molecular complexity index is 563. The summed E-state index contributed by atoms with van der Waals surface area (Å²) in [5.74, 6) is 0.600. The first-order valence-electron chi connectivity index (χ1n) is 7.26. The fourth-order valence-electron chi connectivity index (χ4n) is 2.89. The number of aromatic nitrogens is 1. The van der Waals surface area contributed by atoms with Crippen LogP contribution in [-0.4, -0.2) is 19.0 Å². The zero-order chi connectivity index (χ0) is 14.9. The molecule has 1 heterocycles. The Balaban J connectivity index is 2.21. The molecule has 1 fully saturated rings. The molecule has 3 N–H and O–H groups in total. The van der Waals surface area contributed by atoms with E-state index in [4.69, 9.17) is 5.73 Å². The largest absolute Gasteiger partial charge is 0.346 e. The summed E-state index contributed by atoms with van der Waals surface area (Å²) < 4.78 is 29.6. The molecule has 2 atom stereocenters. The van der Waals surface area contributed by atoms with Gasteiger partial charge in [0.25, 0.3) is 0 Å². The highest BCUT2D eigenvalue weighted by Gasteiger charge is 2.27. The zero-order valence-electron chi connectivity index (χ0n) is 12.5. The first-order chi connectivity index (χ1) is 9.33. The van der Waals surface area contributed by atoms with E-state index in [9.17, 15) is 8.42 Å². The number of sulfonamides is 1. The van der Waals surface area contributed by atoms with Crippen LogP contribution < -0.4 is 10.5 Å². The summed E-state index contributed by atoms with van der Waals surface area (Å²) in [6, 6.07) is 1.95. The van der Waals surface area contributed by atoms with Gasteiger partial charge in [0.1, 0.15) is 0 Å². The van der Waals surface area contributed by atoms with Crippen LogP contribution in [0.25, 0.3) is 0 Å². The molecule has 0 aliphatic heterocycles. The van der Waals surface area contributed by atoms with Gasteiger partial charge in [-0.25, -0.2) is 13.1 Å². The van der Waals surface area contributed by atoms with Crippen LogP contribution in [0.2, 0.25) is 0 Å². The first kappa shape index (κ1) is 15.5. The maximum Gasteiger partial charge on any atom is 0.242 e. The Labute approximate surface area is 121 Å². The molecule has 0 bridgehead atoms. The molecule has 0 aromatic carbocycles. The van der Waals surface area contributed by atoms with Gasteiger partial charge in [0.15, 0.2) is 0 Å². The molecule has 114 valence electrons. The topological polar surface area (TPSA) is 77.1 Å². The second-order valence-corrected chi connectivity index (χ2v) is 7.82. The Morgan fingerprint density at radius 2 is 2.15 bits per heavy atom. The standard InChI is InChI=1S/C14H25N3O2S/c1-10(2)17-9-14(7-13(17)8-15)20(18,19)16-12-5-4-11(3)6-12/h7,9-12,16H,4-6,8,15H2,1-3H3. The van der Waals surface area contributed by atoms with Gasteiger partial charge in [0.2, 0.25) is 10.0 Å². The van der Waals surface area contributed by atoms with Gasteiger partial charge < -0.3 is 10.3 Å². The van der Waals surface area contributed by atoms with E-state index in [1.165, 1.54) is 0 Å². The first-order valence-corrected chi connectivity index (χ1v) is 8.75. The van der Waals surface area contributed by atoms with Gasteiger partial charge in [-0.05, 0) is 45.1 Å². The lowest BCUT2D eigenvalue weighted by atomic mass is 10.1. The van der Waals surface area contributed by atoms with Crippen molar-refractivity contribution in [1.29, 1.82) is 0 Å². The van der Waals surface area contributed by atoms with Crippen molar-refractivity contribution in [1.82, 2.24) is 9.29 Å². The highest BCUT2D eigenvalue weighted by Crippen LogP contribution is 2.26. The van der Waals surface area contributed by atoms with Crippen LogP contribution >= 0.6 is 0 Å². The highest BCUT2D eigenvalue weighted by atomic mass is 32.2. The molecule has 0 saturated heterocycles. The van der Waals surface area contributed by atoms with Crippen molar-refractivity contribution in [3.63, 3.8) is 0 Å². The fourth-order valence-corrected chi connectivity index (χ4v) is 4.22. The number of nitrogens with zero attached hydrogens (tertiary/aromatic N) is 1. The van der Waals surface area contributed by atoms with Crippen LogP contribution in [0.4, 0.5) is 0 Å². The molecular weight excluding hydrogens is 274 g/mol. The van der Waals surface area contributed by atoms with Gasteiger partial charge in [-0.15, -0.1) is 0 Å². The number of nitrogens with two attached hydrogens (primary N) is 1. The molecule has 1 aromatic heterocycles. The van der Waals surface area contributed by atoms with Gasteiger partial charge in [-0.3, -0.25) is 0 Å². The molecule has 1 aromatic rings.